The number of nitrogen functional groups attached to an aromatic ring is 1. The Labute approximate surface area is 230 Å². The van der Waals surface area contributed by atoms with E-state index in [0.29, 0.717) is 56.2 Å². The van der Waals surface area contributed by atoms with Gasteiger partial charge in [0.1, 0.15) is 23.5 Å². The van der Waals surface area contributed by atoms with Gasteiger partial charge in [-0.1, -0.05) is 24.8 Å². The van der Waals surface area contributed by atoms with Crippen LogP contribution in [0, 0.1) is 24.1 Å². The summed E-state index contributed by atoms with van der Waals surface area (Å²) >= 11 is 0. The van der Waals surface area contributed by atoms with Crippen LogP contribution in [0.15, 0.2) is 79.0 Å². The Kier molecular flexibility index (Phi) is 6.76. The number of hydrogen-bond donors (Lipinski definition) is 2. The van der Waals surface area contributed by atoms with Gasteiger partial charge >= 0.3 is 0 Å². The van der Waals surface area contributed by atoms with E-state index >= 15 is 4.39 Å². The van der Waals surface area contributed by atoms with Crippen molar-refractivity contribution in [3.8, 4) is 40.1 Å². The maximum atomic E-state index is 15.7. The minimum absolute atomic E-state index is 0.209. The predicted octanol–water partition coefficient (Wildman–Crippen LogP) is 6.51. The van der Waals surface area contributed by atoms with Crippen LogP contribution in [0.4, 0.5) is 15.9 Å². The highest BCUT2D eigenvalue weighted by molar-refractivity contribution is 6.11. The Morgan fingerprint density at radius 1 is 1.18 bits per heavy atom. The molecule has 198 valence electrons. The Bertz CT molecular complexity index is 1850. The number of nitrogens with one attached hydrogen (secondary N) is 1. The lowest BCUT2D eigenvalue weighted by atomic mass is 9.97. The number of carbonyl (C=O) groups excluding carboxylic acids is 1. The van der Waals surface area contributed by atoms with Crippen molar-refractivity contribution in [1.82, 2.24) is 14.5 Å². The van der Waals surface area contributed by atoms with Gasteiger partial charge in [-0.05, 0) is 55.8 Å². The molecule has 3 N–H and O–H groups in total. The molecule has 0 aliphatic carbocycles. The van der Waals surface area contributed by atoms with Crippen LogP contribution in [0.1, 0.15) is 18.2 Å². The van der Waals surface area contributed by atoms with Crippen LogP contribution in [0.3, 0.4) is 0 Å². The minimum atomic E-state index is -0.567. The predicted molar refractivity (Wildman–Crippen MR) is 153 cm³/mol. The van der Waals surface area contributed by atoms with Crippen molar-refractivity contribution in [2.75, 3.05) is 11.1 Å². The highest BCUT2D eigenvalue weighted by Gasteiger charge is 2.25. The van der Waals surface area contributed by atoms with Gasteiger partial charge in [0.25, 0.3) is 5.91 Å². The fourth-order valence-corrected chi connectivity index (χ4v) is 4.59. The summed E-state index contributed by atoms with van der Waals surface area (Å²) < 4.78 is 23.3. The summed E-state index contributed by atoms with van der Waals surface area (Å²) in [6, 6.07) is 19.3. The third-order valence-electron chi connectivity index (χ3n) is 6.46. The quantitative estimate of drug-likeness (QED) is 0.241. The van der Waals surface area contributed by atoms with Gasteiger partial charge in [0.2, 0.25) is 5.88 Å². The monoisotopic (exact) mass is 532 g/mol. The van der Waals surface area contributed by atoms with Crippen molar-refractivity contribution in [3.05, 3.63) is 96.1 Å². The van der Waals surface area contributed by atoms with Crippen molar-refractivity contribution in [2.24, 2.45) is 7.05 Å². The number of ether oxygens (including phenoxy) is 1. The van der Waals surface area contributed by atoms with E-state index < -0.39 is 11.7 Å². The van der Waals surface area contributed by atoms with Crippen molar-refractivity contribution in [3.63, 3.8) is 0 Å². The number of halogens is 1. The molecule has 3 heterocycles. The highest BCUT2D eigenvalue weighted by Crippen LogP contribution is 2.44. The van der Waals surface area contributed by atoms with Gasteiger partial charge in [0.15, 0.2) is 0 Å². The summed E-state index contributed by atoms with van der Waals surface area (Å²) in [5.41, 5.74) is 10.7. The number of aryl methyl sites for hydroxylation is 2. The first-order chi connectivity index (χ1) is 19.2. The number of aromatic nitrogens is 3. The SMILES string of the molecule is C=C(C)C(=O)Nc1ccc(-c2c(-c3ccc(Oc4cccc(C)n4)cc3)c3c(N)ncc(C#N)c3n2C)c(F)c1. The van der Waals surface area contributed by atoms with Crippen molar-refractivity contribution >= 4 is 28.3 Å². The summed E-state index contributed by atoms with van der Waals surface area (Å²) in [7, 11) is 1.75. The smallest absolute Gasteiger partial charge is 0.250 e. The number of nitrogens with two attached hydrogens (primary N) is 1. The second-order valence-corrected chi connectivity index (χ2v) is 9.35. The topological polar surface area (TPSA) is 119 Å². The number of anilines is 2. The van der Waals surface area contributed by atoms with Crippen LogP contribution >= 0.6 is 0 Å². The molecule has 0 aliphatic heterocycles. The first kappa shape index (κ1) is 26.1. The van der Waals surface area contributed by atoms with Gasteiger partial charge in [0.05, 0.1) is 22.2 Å². The number of nitrogens with zero attached hydrogens (tertiary/aromatic N) is 4. The molecule has 0 atom stereocenters. The normalized spacial score (nSPS) is 10.8. The Balaban J connectivity index is 1.67. The average molecular weight is 533 g/mol. The van der Waals surface area contributed by atoms with Gasteiger partial charge < -0.3 is 20.4 Å². The van der Waals surface area contributed by atoms with Gasteiger partial charge in [-0.2, -0.15) is 5.26 Å². The lowest BCUT2D eigenvalue weighted by Gasteiger charge is -2.13. The van der Waals surface area contributed by atoms with Crippen LogP contribution in [-0.2, 0) is 11.8 Å². The number of amides is 1. The molecule has 40 heavy (non-hydrogen) atoms. The lowest BCUT2D eigenvalue weighted by molar-refractivity contribution is -0.112. The van der Waals surface area contributed by atoms with E-state index in [2.05, 4.69) is 27.9 Å². The van der Waals surface area contributed by atoms with Crippen LogP contribution in [0.5, 0.6) is 11.6 Å². The number of benzene rings is 2. The molecular formula is C31H25FN6O2. The van der Waals surface area contributed by atoms with E-state index in [4.69, 9.17) is 10.5 Å². The number of nitriles is 1. The molecule has 0 saturated heterocycles. The van der Waals surface area contributed by atoms with Gasteiger partial charge in [0, 0.05) is 47.4 Å². The van der Waals surface area contributed by atoms with E-state index in [9.17, 15) is 10.1 Å². The van der Waals surface area contributed by atoms with Gasteiger partial charge in [-0.15, -0.1) is 0 Å². The zero-order valence-electron chi connectivity index (χ0n) is 22.1. The van der Waals surface area contributed by atoms with Crippen molar-refractivity contribution in [1.29, 1.82) is 5.26 Å². The molecule has 0 fully saturated rings. The van der Waals surface area contributed by atoms with E-state index in [1.807, 2.05) is 31.2 Å². The van der Waals surface area contributed by atoms with Crippen LogP contribution in [-0.4, -0.2) is 20.4 Å². The zero-order chi connectivity index (χ0) is 28.6. The molecule has 0 aliphatic rings. The summed E-state index contributed by atoms with van der Waals surface area (Å²) in [4.78, 5) is 20.7. The number of carbonyl (C=O) groups is 1. The zero-order valence-corrected chi connectivity index (χ0v) is 22.1. The van der Waals surface area contributed by atoms with E-state index in [1.165, 1.54) is 12.3 Å². The molecule has 0 spiro atoms. The van der Waals surface area contributed by atoms with Crippen LogP contribution in [0.2, 0.25) is 0 Å². The molecule has 0 saturated carbocycles. The largest absolute Gasteiger partial charge is 0.439 e. The molecule has 5 rings (SSSR count). The molecule has 3 aromatic heterocycles. The number of rotatable bonds is 6. The van der Waals surface area contributed by atoms with E-state index in [1.54, 1.807) is 48.9 Å². The molecule has 9 heteroatoms. The van der Waals surface area contributed by atoms with Crippen LogP contribution in [0.25, 0.3) is 33.3 Å². The third-order valence-corrected chi connectivity index (χ3v) is 6.46. The second-order valence-electron chi connectivity index (χ2n) is 9.35. The molecule has 8 nitrogen and oxygen atoms in total. The average Bonchev–Trinajstić information content (AvgIpc) is 3.23. The molecule has 2 aromatic carbocycles. The molecule has 1 amide bonds. The summed E-state index contributed by atoms with van der Waals surface area (Å²) in [5.74, 6) is 0.268. The molecule has 5 aromatic rings. The maximum absolute atomic E-state index is 15.7. The molecular weight excluding hydrogens is 507 g/mol. The lowest BCUT2D eigenvalue weighted by Crippen LogP contribution is -2.12. The van der Waals surface area contributed by atoms with Crippen LogP contribution < -0.4 is 15.8 Å². The van der Waals surface area contributed by atoms with Crippen molar-refractivity contribution in [2.45, 2.75) is 13.8 Å². The molecule has 0 radical (unpaired) electrons. The van der Waals surface area contributed by atoms with Gasteiger partial charge in [-0.25, -0.2) is 14.4 Å². The minimum Gasteiger partial charge on any atom is -0.439 e. The molecule has 0 unspecified atom stereocenters. The summed E-state index contributed by atoms with van der Waals surface area (Å²) in [5, 5.41) is 13.0. The Morgan fingerprint density at radius 3 is 2.58 bits per heavy atom. The number of pyridine rings is 2. The summed E-state index contributed by atoms with van der Waals surface area (Å²) in [6.07, 6.45) is 1.41. The maximum Gasteiger partial charge on any atom is 0.250 e. The Hall–Kier alpha value is -5.49. The summed E-state index contributed by atoms with van der Waals surface area (Å²) in [6.45, 7) is 7.06. The standard InChI is InChI=1S/C31H25FN6O2/c1-17(2)31(39)37-21-10-13-23(24(32)14-21)29-26(27-28(38(29)4)20(15-33)16-35-30(27)34)19-8-11-22(12-9-19)40-25-7-5-6-18(3)36-25/h5-14,16H,1H2,2-4H3,(H2,34,35)(H,37,39). The van der Waals surface area contributed by atoms with Crippen molar-refractivity contribution < 1.29 is 13.9 Å². The fourth-order valence-electron chi connectivity index (χ4n) is 4.59. The third kappa shape index (κ3) is 4.74. The van der Waals surface area contributed by atoms with E-state index in [-0.39, 0.29) is 11.4 Å². The highest BCUT2D eigenvalue weighted by atomic mass is 19.1. The first-order valence-corrected chi connectivity index (χ1v) is 12.3. The number of fused-ring (bicyclic) bond motifs is 1. The first-order valence-electron chi connectivity index (χ1n) is 12.3. The number of hydrogen-bond acceptors (Lipinski definition) is 6. The fraction of sp³-hybridized carbons (Fsp3) is 0.0968. The van der Waals surface area contributed by atoms with Gasteiger partial charge in [-0.3, -0.25) is 4.79 Å². The molecule has 0 bridgehead atoms. The van der Waals surface area contributed by atoms with E-state index in [0.717, 1.165) is 5.69 Å². The second kappa shape index (κ2) is 10.3. The Morgan fingerprint density at radius 2 is 1.93 bits per heavy atom.